The molecule has 7 heteroatoms. The van der Waals surface area contributed by atoms with Crippen LogP contribution in [0.15, 0.2) is 42.7 Å². The molecule has 1 aliphatic rings. The number of aromatic nitrogens is 1. The number of pyridine rings is 1. The zero-order valence-corrected chi connectivity index (χ0v) is 15.3. The fraction of sp³-hybridized carbons (Fsp3) is 0.300. The molecule has 1 atom stereocenters. The number of hydrogen-bond donors (Lipinski definition) is 1. The number of benzene rings is 1. The number of amides is 2. The Labute approximate surface area is 157 Å². The molecule has 0 saturated heterocycles. The maximum atomic E-state index is 12.4. The van der Waals surface area contributed by atoms with E-state index in [1.165, 1.54) is 4.90 Å². The van der Waals surface area contributed by atoms with Gasteiger partial charge in [-0.3, -0.25) is 19.4 Å². The first-order valence-corrected chi connectivity index (χ1v) is 8.73. The molecule has 140 valence electrons. The summed E-state index contributed by atoms with van der Waals surface area (Å²) in [7, 11) is 1.65. The Morgan fingerprint density at radius 3 is 2.81 bits per heavy atom. The first-order valence-electron chi connectivity index (χ1n) is 8.73. The Bertz CT molecular complexity index is 867. The van der Waals surface area contributed by atoms with Crippen LogP contribution < -0.4 is 15.0 Å². The van der Waals surface area contributed by atoms with Crippen molar-refractivity contribution in [2.75, 3.05) is 11.9 Å². The number of ether oxygens (including phenoxy) is 1. The summed E-state index contributed by atoms with van der Waals surface area (Å²) in [5.41, 5.74) is 1.91. The van der Waals surface area contributed by atoms with Crippen molar-refractivity contribution in [3.63, 3.8) is 0 Å². The summed E-state index contributed by atoms with van der Waals surface area (Å²) in [6.45, 7) is 2.06. The van der Waals surface area contributed by atoms with Crippen LogP contribution in [-0.2, 0) is 16.1 Å². The van der Waals surface area contributed by atoms with Crippen molar-refractivity contribution in [2.24, 2.45) is 0 Å². The van der Waals surface area contributed by atoms with Gasteiger partial charge in [-0.15, -0.1) is 0 Å². The first kappa shape index (κ1) is 18.6. The minimum atomic E-state index is -0.549. The van der Waals surface area contributed by atoms with Gasteiger partial charge in [-0.25, -0.2) is 0 Å². The van der Waals surface area contributed by atoms with Crippen LogP contribution in [0, 0.1) is 0 Å². The van der Waals surface area contributed by atoms with E-state index in [9.17, 15) is 14.4 Å². The van der Waals surface area contributed by atoms with E-state index in [0.717, 1.165) is 5.56 Å². The normalized spacial score (nSPS) is 15.7. The number of nitrogens with one attached hydrogen (secondary N) is 1. The van der Waals surface area contributed by atoms with Crippen molar-refractivity contribution in [1.29, 1.82) is 0 Å². The van der Waals surface area contributed by atoms with Gasteiger partial charge in [0.05, 0.1) is 5.69 Å². The number of nitrogens with zero attached hydrogens (tertiary/aromatic N) is 2. The molecule has 2 heterocycles. The predicted molar refractivity (Wildman–Crippen MR) is 99.6 cm³/mol. The van der Waals surface area contributed by atoms with Crippen LogP contribution in [0.2, 0.25) is 0 Å². The highest BCUT2D eigenvalue weighted by Gasteiger charge is 2.29. The van der Waals surface area contributed by atoms with Gasteiger partial charge in [0, 0.05) is 44.4 Å². The van der Waals surface area contributed by atoms with Crippen LogP contribution in [-0.4, -0.2) is 35.7 Å². The molecule has 0 saturated carbocycles. The summed E-state index contributed by atoms with van der Waals surface area (Å²) >= 11 is 0. The zero-order chi connectivity index (χ0) is 19.4. The molecule has 1 unspecified atom stereocenters. The largest absolute Gasteiger partial charge is 0.479 e. The van der Waals surface area contributed by atoms with Gasteiger partial charge in [0.15, 0.2) is 11.9 Å². The lowest BCUT2D eigenvalue weighted by molar-refractivity contribution is -0.125. The third kappa shape index (κ3) is 4.31. The van der Waals surface area contributed by atoms with Gasteiger partial charge in [0.25, 0.3) is 5.91 Å². The van der Waals surface area contributed by atoms with Crippen molar-refractivity contribution in [2.45, 2.75) is 32.4 Å². The van der Waals surface area contributed by atoms with Gasteiger partial charge in [0.1, 0.15) is 5.75 Å². The highest BCUT2D eigenvalue weighted by Crippen LogP contribution is 2.34. The fourth-order valence-electron chi connectivity index (χ4n) is 2.85. The number of carbonyl (C=O) groups excluding carboxylic acids is 3. The minimum Gasteiger partial charge on any atom is -0.479 e. The molecule has 1 aromatic carbocycles. The average molecular weight is 367 g/mol. The number of carbonyl (C=O) groups is 3. The molecule has 0 bridgehead atoms. The van der Waals surface area contributed by atoms with Crippen LogP contribution in [0.3, 0.4) is 0 Å². The average Bonchev–Trinajstić information content (AvgIpc) is 2.69. The second-order valence-corrected chi connectivity index (χ2v) is 6.40. The van der Waals surface area contributed by atoms with Crippen LogP contribution in [0.4, 0.5) is 5.69 Å². The Hall–Kier alpha value is -3.22. The molecule has 1 aromatic heterocycles. The van der Waals surface area contributed by atoms with E-state index in [4.69, 9.17) is 4.74 Å². The molecule has 7 nitrogen and oxygen atoms in total. The Morgan fingerprint density at radius 2 is 2.07 bits per heavy atom. The minimum absolute atomic E-state index is 0.0899. The van der Waals surface area contributed by atoms with E-state index >= 15 is 0 Å². The lowest BCUT2D eigenvalue weighted by atomic mass is 10.0. The van der Waals surface area contributed by atoms with Crippen molar-refractivity contribution in [3.8, 4) is 5.75 Å². The van der Waals surface area contributed by atoms with Gasteiger partial charge in [0.2, 0.25) is 5.91 Å². The van der Waals surface area contributed by atoms with Crippen molar-refractivity contribution in [3.05, 3.63) is 53.9 Å². The maximum Gasteiger partial charge on any atom is 0.267 e. The summed E-state index contributed by atoms with van der Waals surface area (Å²) in [5, 5.41) is 2.77. The van der Waals surface area contributed by atoms with Crippen molar-refractivity contribution in [1.82, 2.24) is 10.3 Å². The molecule has 0 spiro atoms. The quantitative estimate of drug-likeness (QED) is 0.790. The molecule has 2 amide bonds. The van der Waals surface area contributed by atoms with E-state index in [-0.39, 0.29) is 30.4 Å². The van der Waals surface area contributed by atoms with Gasteiger partial charge in [-0.2, -0.15) is 0 Å². The molecule has 3 rings (SSSR count). The van der Waals surface area contributed by atoms with Crippen LogP contribution in [0.1, 0.15) is 35.7 Å². The van der Waals surface area contributed by atoms with Gasteiger partial charge in [-0.05, 0) is 36.8 Å². The van der Waals surface area contributed by atoms with E-state index in [2.05, 4.69) is 10.3 Å². The Balaban J connectivity index is 1.57. The molecule has 0 radical (unpaired) electrons. The second-order valence-electron chi connectivity index (χ2n) is 6.40. The van der Waals surface area contributed by atoms with Crippen molar-refractivity contribution >= 4 is 23.3 Å². The monoisotopic (exact) mass is 367 g/mol. The number of Topliss-reactive ketones (excluding diaryl/α,β-unsaturated/α-hetero) is 1. The Morgan fingerprint density at radius 1 is 1.26 bits per heavy atom. The van der Waals surface area contributed by atoms with Crippen molar-refractivity contribution < 1.29 is 19.1 Å². The second kappa shape index (κ2) is 7.99. The molecule has 1 aliphatic heterocycles. The summed E-state index contributed by atoms with van der Waals surface area (Å²) in [6, 6.07) is 8.64. The van der Waals surface area contributed by atoms with Gasteiger partial charge < -0.3 is 15.0 Å². The van der Waals surface area contributed by atoms with E-state index in [1.54, 1.807) is 50.6 Å². The zero-order valence-electron chi connectivity index (χ0n) is 15.3. The van der Waals surface area contributed by atoms with E-state index in [0.29, 0.717) is 23.5 Å². The number of rotatable bonds is 6. The topological polar surface area (TPSA) is 88.6 Å². The third-order valence-electron chi connectivity index (χ3n) is 4.42. The molecule has 27 heavy (non-hydrogen) atoms. The van der Waals surface area contributed by atoms with Gasteiger partial charge in [-0.1, -0.05) is 6.07 Å². The van der Waals surface area contributed by atoms with E-state index < -0.39 is 6.10 Å². The molecule has 2 aromatic rings. The highest BCUT2D eigenvalue weighted by molar-refractivity contribution is 6.03. The maximum absolute atomic E-state index is 12.4. The summed E-state index contributed by atoms with van der Waals surface area (Å²) < 4.78 is 5.55. The predicted octanol–water partition coefficient (Wildman–Crippen LogP) is 2.10. The van der Waals surface area contributed by atoms with Gasteiger partial charge >= 0.3 is 0 Å². The molecule has 0 fully saturated rings. The SMILES string of the molecule is CC1Oc2ccc(C(=O)CCC(=O)NCc3cccnc3)cc2N(C)C1=O. The Kier molecular flexibility index (Phi) is 5.49. The van der Waals surface area contributed by atoms with Crippen LogP contribution in [0.25, 0.3) is 0 Å². The summed E-state index contributed by atoms with van der Waals surface area (Å²) in [4.78, 5) is 41.9. The standard InChI is InChI=1S/C20H21N3O4/c1-13-20(26)23(2)16-10-15(5-7-18(16)27-13)17(24)6-8-19(25)22-12-14-4-3-9-21-11-14/h3-5,7,9-11,13H,6,8,12H2,1-2H3,(H,22,25). The molecular weight excluding hydrogens is 346 g/mol. The summed E-state index contributed by atoms with van der Waals surface area (Å²) in [6.07, 6.45) is 2.98. The smallest absolute Gasteiger partial charge is 0.267 e. The first-order chi connectivity index (χ1) is 13.0. The third-order valence-corrected chi connectivity index (χ3v) is 4.42. The van der Waals surface area contributed by atoms with Crippen LogP contribution in [0.5, 0.6) is 5.75 Å². The molecule has 1 N–H and O–H groups in total. The number of fused-ring (bicyclic) bond motifs is 1. The highest BCUT2D eigenvalue weighted by atomic mass is 16.5. The van der Waals surface area contributed by atoms with E-state index in [1.807, 2.05) is 6.07 Å². The lowest BCUT2D eigenvalue weighted by Crippen LogP contribution is -2.42. The molecule has 0 aliphatic carbocycles. The number of hydrogen-bond acceptors (Lipinski definition) is 5. The number of likely N-dealkylation sites (N-methyl/N-ethyl adjacent to an activating group) is 1. The van der Waals surface area contributed by atoms with Crippen LogP contribution >= 0.6 is 0 Å². The number of ketones is 1. The lowest BCUT2D eigenvalue weighted by Gasteiger charge is -2.30. The summed E-state index contributed by atoms with van der Waals surface area (Å²) in [5.74, 6) is 0.0423. The fourth-order valence-corrected chi connectivity index (χ4v) is 2.85. The molecular formula is C20H21N3O4. The number of anilines is 1.